The van der Waals surface area contributed by atoms with Crippen LogP contribution in [-0.4, -0.2) is 48.0 Å². The predicted molar refractivity (Wildman–Crippen MR) is 114 cm³/mol. The molecular weight excluding hydrogens is 412 g/mol. The molecule has 8 nitrogen and oxygen atoms in total. The van der Waals surface area contributed by atoms with E-state index >= 15 is 0 Å². The van der Waals surface area contributed by atoms with Crippen molar-refractivity contribution in [2.75, 3.05) is 13.7 Å². The molecule has 1 saturated heterocycles. The number of hydrogen-bond acceptors (Lipinski definition) is 6. The minimum Gasteiger partial charge on any atom is -0.634 e. The van der Waals surface area contributed by atoms with Crippen molar-refractivity contribution in [1.82, 2.24) is 5.32 Å². The molecule has 2 aliphatic heterocycles. The van der Waals surface area contributed by atoms with Crippen LogP contribution in [-0.2, 0) is 11.8 Å². The number of carbonyl (C=O) groups excluding carboxylic acids is 1. The van der Waals surface area contributed by atoms with Gasteiger partial charge in [0.15, 0.2) is 11.5 Å². The molecule has 4 N–H and O–H groups in total. The van der Waals surface area contributed by atoms with Gasteiger partial charge >= 0.3 is 0 Å². The van der Waals surface area contributed by atoms with Crippen LogP contribution < -0.4 is 19.9 Å². The third-order valence-corrected chi connectivity index (χ3v) is 8.14. The van der Waals surface area contributed by atoms with E-state index in [4.69, 9.17) is 9.47 Å². The number of rotatable bonds is 3. The van der Waals surface area contributed by atoms with E-state index in [0.717, 1.165) is 12.0 Å². The van der Waals surface area contributed by atoms with Gasteiger partial charge in [0.05, 0.1) is 31.2 Å². The van der Waals surface area contributed by atoms with E-state index in [9.17, 15) is 20.2 Å². The number of piperidine rings is 1. The van der Waals surface area contributed by atoms with Crippen molar-refractivity contribution in [3.8, 4) is 23.0 Å². The fourth-order valence-electron chi connectivity index (χ4n) is 6.87. The van der Waals surface area contributed by atoms with Crippen LogP contribution in [0.4, 0.5) is 0 Å². The molecule has 6 atom stereocenters. The third-order valence-electron chi connectivity index (χ3n) is 8.14. The number of aromatic hydroxyl groups is 2. The highest BCUT2D eigenvalue weighted by molar-refractivity contribution is 5.94. The Labute approximate surface area is 185 Å². The zero-order valence-corrected chi connectivity index (χ0v) is 17.8. The van der Waals surface area contributed by atoms with E-state index in [2.05, 4.69) is 5.32 Å². The quantitative estimate of drug-likeness (QED) is 0.420. The molecule has 168 valence electrons. The van der Waals surface area contributed by atoms with Gasteiger partial charge in [0.2, 0.25) is 0 Å². The van der Waals surface area contributed by atoms with Gasteiger partial charge in [-0.3, -0.25) is 4.79 Å². The van der Waals surface area contributed by atoms with Crippen molar-refractivity contribution in [1.29, 1.82) is 0 Å². The van der Waals surface area contributed by atoms with Crippen molar-refractivity contribution >= 4 is 5.91 Å². The van der Waals surface area contributed by atoms with E-state index in [1.165, 1.54) is 6.07 Å². The number of amides is 1. The first-order valence-electron chi connectivity index (χ1n) is 11.2. The van der Waals surface area contributed by atoms with Gasteiger partial charge < -0.3 is 35.3 Å². The number of carbonyl (C=O) groups is 1. The van der Waals surface area contributed by atoms with Crippen molar-refractivity contribution in [3.63, 3.8) is 0 Å². The summed E-state index contributed by atoms with van der Waals surface area (Å²) in [5.74, 6) is 0.731. The molecule has 2 fully saturated rings. The standard InChI is InChI=1S/C24H26N2O6/c1-31-13-4-2-3-12(9-13)23(29)25-16-6-5-15-17-10-14-20-19(11-18(27)21(14)28)32-22(16)24(15,20)7-8-26(17)30/h2-4,9,11,15-17,22,26-28H,5-8,10H2,1H3,(H,25,29)/t15-,16+,17+,22-,24-/m0/s1. The van der Waals surface area contributed by atoms with Crippen LogP contribution in [0.1, 0.15) is 40.7 Å². The molecule has 1 unspecified atom stereocenters. The highest BCUT2D eigenvalue weighted by Gasteiger charge is 2.67. The summed E-state index contributed by atoms with van der Waals surface area (Å²) in [6.07, 6.45) is 2.23. The van der Waals surface area contributed by atoms with Gasteiger partial charge in [-0.15, -0.1) is 0 Å². The number of hydrogen-bond donors (Lipinski definition) is 4. The van der Waals surface area contributed by atoms with Crippen molar-refractivity contribution in [3.05, 3.63) is 52.2 Å². The van der Waals surface area contributed by atoms with E-state index in [0.29, 0.717) is 48.4 Å². The summed E-state index contributed by atoms with van der Waals surface area (Å²) in [6.45, 7) is 0.470. The van der Waals surface area contributed by atoms with Crippen LogP contribution in [0.2, 0.25) is 0 Å². The minimum absolute atomic E-state index is 0.122. The summed E-state index contributed by atoms with van der Waals surface area (Å²) in [4.78, 5) is 13.1. The SMILES string of the molecule is COc1cccc(C(=O)N[C@@H]2CC[C@H]3[C@H]4Cc5c(O)c(O)cc6c5[C@@]3(CC[NH+]4[O-])[C@H]2O6)c1. The molecule has 0 aromatic heterocycles. The summed E-state index contributed by atoms with van der Waals surface area (Å²) >= 11 is 0. The van der Waals surface area contributed by atoms with Gasteiger partial charge in [-0.2, -0.15) is 0 Å². The smallest absolute Gasteiger partial charge is 0.251 e. The normalized spacial score (nSPS) is 33.8. The number of phenolic OH excluding ortho intramolecular Hbond substituents is 2. The highest BCUT2D eigenvalue weighted by Crippen LogP contribution is 2.62. The van der Waals surface area contributed by atoms with E-state index in [1.54, 1.807) is 31.4 Å². The Kier molecular flexibility index (Phi) is 4.16. The summed E-state index contributed by atoms with van der Waals surface area (Å²) in [7, 11) is 1.56. The number of nitrogens with one attached hydrogen (secondary N) is 2. The first-order chi connectivity index (χ1) is 15.4. The molecule has 2 heterocycles. The number of phenols is 2. The second kappa shape index (κ2) is 6.76. The Hall–Kier alpha value is -2.97. The second-order valence-corrected chi connectivity index (χ2v) is 9.45. The lowest BCUT2D eigenvalue weighted by Crippen LogP contribution is -3.15. The van der Waals surface area contributed by atoms with Crippen LogP contribution in [0.15, 0.2) is 30.3 Å². The molecule has 2 aromatic carbocycles. The van der Waals surface area contributed by atoms with Crippen LogP contribution >= 0.6 is 0 Å². The maximum Gasteiger partial charge on any atom is 0.251 e. The zero-order valence-electron chi connectivity index (χ0n) is 17.8. The van der Waals surface area contributed by atoms with Gasteiger partial charge in [-0.25, -0.2) is 0 Å². The number of hydroxylamine groups is 2. The molecule has 2 bridgehead atoms. The molecule has 6 rings (SSSR count). The molecular formula is C24H26N2O6. The number of benzene rings is 2. The van der Waals surface area contributed by atoms with Crippen LogP contribution in [0, 0.1) is 11.1 Å². The van der Waals surface area contributed by atoms with Gasteiger partial charge in [0.1, 0.15) is 17.6 Å². The van der Waals surface area contributed by atoms with E-state index in [1.807, 2.05) is 0 Å². The Balaban J connectivity index is 1.40. The summed E-state index contributed by atoms with van der Waals surface area (Å²) < 4.78 is 11.7. The largest absolute Gasteiger partial charge is 0.634 e. The molecule has 8 heteroatoms. The Morgan fingerprint density at radius 2 is 2.16 bits per heavy atom. The van der Waals surface area contributed by atoms with Gasteiger partial charge in [-0.05, 0) is 31.0 Å². The molecule has 1 spiro atoms. The van der Waals surface area contributed by atoms with Crippen molar-refractivity contribution in [2.45, 2.75) is 49.3 Å². The molecule has 0 radical (unpaired) electrons. The lowest BCUT2D eigenvalue weighted by molar-refractivity contribution is -0.889. The monoisotopic (exact) mass is 438 g/mol. The molecule has 2 aromatic rings. The predicted octanol–water partition coefficient (Wildman–Crippen LogP) is 1.02. The third kappa shape index (κ3) is 2.47. The van der Waals surface area contributed by atoms with Crippen molar-refractivity contribution in [2.24, 2.45) is 5.92 Å². The van der Waals surface area contributed by atoms with E-state index < -0.39 is 5.41 Å². The minimum atomic E-state index is -0.433. The summed E-state index contributed by atoms with van der Waals surface area (Å²) in [5.41, 5.74) is 1.65. The topological polar surface area (TPSA) is 116 Å². The highest BCUT2D eigenvalue weighted by atomic mass is 16.5. The van der Waals surface area contributed by atoms with E-state index in [-0.39, 0.29) is 46.6 Å². The lowest BCUT2D eigenvalue weighted by atomic mass is 9.51. The summed E-state index contributed by atoms with van der Waals surface area (Å²) in [5, 5.41) is 37.1. The Morgan fingerprint density at radius 1 is 1.31 bits per heavy atom. The first kappa shape index (κ1) is 19.7. The van der Waals surface area contributed by atoms with Gasteiger partial charge in [0, 0.05) is 41.5 Å². The molecule has 2 aliphatic carbocycles. The molecule has 4 aliphatic rings. The average Bonchev–Trinajstić information content (AvgIpc) is 3.12. The fourth-order valence-corrected chi connectivity index (χ4v) is 6.87. The average molecular weight is 438 g/mol. The zero-order chi connectivity index (χ0) is 22.2. The van der Waals surface area contributed by atoms with Crippen LogP contribution in [0.5, 0.6) is 23.0 Å². The molecule has 1 amide bonds. The maximum atomic E-state index is 13.1. The van der Waals surface area contributed by atoms with Crippen molar-refractivity contribution < 1.29 is 29.5 Å². The first-order valence-corrected chi connectivity index (χ1v) is 11.2. The fraction of sp³-hybridized carbons (Fsp3) is 0.458. The van der Waals surface area contributed by atoms with Gasteiger partial charge in [-0.1, -0.05) is 6.07 Å². The van der Waals surface area contributed by atoms with Gasteiger partial charge in [0.25, 0.3) is 5.91 Å². The number of quaternary nitrogens is 1. The summed E-state index contributed by atoms with van der Waals surface area (Å²) in [6, 6.07) is 8.07. The number of methoxy groups -OCH3 is 1. The Morgan fingerprint density at radius 3 is 2.97 bits per heavy atom. The molecule has 32 heavy (non-hydrogen) atoms. The maximum absolute atomic E-state index is 13.1. The van der Waals surface area contributed by atoms with Crippen LogP contribution in [0.3, 0.4) is 0 Å². The van der Waals surface area contributed by atoms with Crippen LogP contribution in [0.25, 0.3) is 0 Å². The second-order valence-electron chi connectivity index (χ2n) is 9.45. The lowest BCUT2D eigenvalue weighted by Gasteiger charge is -2.58. The number of ether oxygens (including phenoxy) is 2. The Bertz CT molecular complexity index is 1120. The molecule has 1 saturated carbocycles.